The van der Waals surface area contributed by atoms with Crippen molar-refractivity contribution >= 4 is 17.5 Å². The number of anilines is 1. The third-order valence-electron chi connectivity index (χ3n) is 4.79. The zero-order chi connectivity index (χ0) is 19.2. The van der Waals surface area contributed by atoms with Crippen LogP contribution in [0.15, 0.2) is 31.0 Å². The predicted molar refractivity (Wildman–Crippen MR) is 102 cm³/mol. The van der Waals surface area contributed by atoms with Gasteiger partial charge in [0.15, 0.2) is 0 Å². The molecule has 0 bridgehead atoms. The summed E-state index contributed by atoms with van der Waals surface area (Å²) in [5.41, 5.74) is 3.12. The number of carbonyl (C=O) groups excluding carboxylic acids is 2. The van der Waals surface area contributed by atoms with E-state index < -0.39 is 6.04 Å². The number of amides is 2. The Labute approximate surface area is 159 Å². The van der Waals surface area contributed by atoms with E-state index in [9.17, 15) is 9.59 Å². The van der Waals surface area contributed by atoms with Crippen LogP contribution in [0.2, 0.25) is 0 Å². The highest BCUT2D eigenvalue weighted by Gasteiger charge is 2.27. The topological polar surface area (TPSA) is 94.2 Å². The molecule has 0 unspecified atom stereocenters. The lowest BCUT2D eigenvalue weighted by Gasteiger charge is -2.27. The Kier molecular flexibility index (Phi) is 6.05. The Morgan fingerprint density at radius 2 is 2.07 bits per heavy atom. The normalized spacial score (nSPS) is 15.9. The van der Waals surface area contributed by atoms with E-state index in [4.69, 9.17) is 0 Å². The Morgan fingerprint density at radius 1 is 1.22 bits per heavy atom. The molecule has 2 aromatic heterocycles. The van der Waals surface area contributed by atoms with Gasteiger partial charge in [0.1, 0.15) is 6.04 Å². The van der Waals surface area contributed by atoms with Gasteiger partial charge in [-0.05, 0) is 25.0 Å². The number of H-pyrrole nitrogens is 1. The molecule has 1 saturated heterocycles. The molecule has 1 fully saturated rings. The number of aromatic nitrogens is 3. The van der Waals surface area contributed by atoms with Crippen molar-refractivity contribution in [2.45, 2.75) is 32.7 Å². The van der Waals surface area contributed by atoms with Crippen molar-refractivity contribution in [3.05, 3.63) is 42.2 Å². The van der Waals surface area contributed by atoms with E-state index in [1.807, 2.05) is 24.1 Å². The number of aromatic amines is 1. The lowest BCUT2D eigenvalue weighted by Crippen LogP contribution is -2.50. The van der Waals surface area contributed by atoms with Crippen LogP contribution in [-0.4, -0.2) is 63.9 Å². The summed E-state index contributed by atoms with van der Waals surface area (Å²) in [6.45, 7) is 6.43. The first-order valence-electron chi connectivity index (χ1n) is 9.23. The Morgan fingerprint density at radius 3 is 2.78 bits per heavy atom. The summed E-state index contributed by atoms with van der Waals surface area (Å²) in [6.07, 6.45) is 8.20. The quantitative estimate of drug-likeness (QED) is 0.816. The fourth-order valence-corrected chi connectivity index (χ4v) is 3.48. The summed E-state index contributed by atoms with van der Waals surface area (Å²) < 4.78 is 0. The number of carbonyl (C=O) groups is 2. The number of imidazole rings is 1. The van der Waals surface area contributed by atoms with Crippen molar-refractivity contribution in [3.8, 4) is 0 Å². The lowest BCUT2D eigenvalue weighted by molar-refractivity contribution is -0.135. The largest absolute Gasteiger partial charge is 0.369 e. The summed E-state index contributed by atoms with van der Waals surface area (Å²) in [7, 11) is 0. The number of aryl methyl sites for hydroxylation is 1. The van der Waals surface area contributed by atoms with Crippen LogP contribution in [0.4, 0.5) is 5.69 Å². The maximum atomic E-state index is 13.1. The minimum absolute atomic E-state index is 0.0481. The lowest BCUT2D eigenvalue weighted by atomic mass is 10.1. The minimum atomic E-state index is -0.586. The second-order valence-electron chi connectivity index (χ2n) is 6.86. The first-order valence-corrected chi connectivity index (χ1v) is 9.23. The molecule has 1 aliphatic rings. The molecule has 144 valence electrons. The average molecular weight is 370 g/mol. The molecule has 3 rings (SSSR count). The van der Waals surface area contributed by atoms with Gasteiger partial charge in [0.05, 0.1) is 6.33 Å². The van der Waals surface area contributed by atoms with Gasteiger partial charge in [0, 0.05) is 69.5 Å². The summed E-state index contributed by atoms with van der Waals surface area (Å²) in [6, 6.07) is 1.43. The first-order chi connectivity index (χ1) is 13.0. The van der Waals surface area contributed by atoms with E-state index >= 15 is 0 Å². The van der Waals surface area contributed by atoms with E-state index in [0.29, 0.717) is 19.5 Å². The Balaban J connectivity index is 1.68. The predicted octanol–water partition coefficient (Wildman–Crippen LogP) is 0.899. The van der Waals surface area contributed by atoms with Crippen molar-refractivity contribution in [1.29, 1.82) is 0 Å². The molecule has 8 heteroatoms. The number of hydrogen-bond donors (Lipinski definition) is 2. The van der Waals surface area contributed by atoms with Crippen LogP contribution in [0.3, 0.4) is 0 Å². The number of rotatable bonds is 5. The summed E-state index contributed by atoms with van der Waals surface area (Å²) in [5, 5.41) is 2.79. The van der Waals surface area contributed by atoms with Gasteiger partial charge >= 0.3 is 0 Å². The van der Waals surface area contributed by atoms with Crippen molar-refractivity contribution in [3.63, 3.8) is 0 Å². The molecule has 27 heavy (non-hydrogen) atoms. The highest BCUT2D eigenvalue weighted by Crippen LogP contribution is 2.20. The molecule has 1 aliphatic heterocycles. The van der Waals surface area contributed by atoms with E-state index in [2.05, 4.69) is 25.2 Å². The minimum Gasteiger partial charge on any atom is -0.369 e. The zero-order valence-corrected chi connectivity index (χ0v) is 15.8. The smallest absolute Gasteiger partial charge is 0.245 e. The van der Waals surface area contributed by atoms with Crippen LogP contribution in [0, 0.1) is 6.92 Å². The van der Waals surface area contributed by atoms with Crippen molar-refractivity contribution in [2.24, 2.45) is 0 Å². The number of hydrogen-bond acceptors (Lipinski definition) is 5. The van der Waals surface area contributed by atoms with Gasteiger partial charge in [-0.3, -0.25) is 14.6 Å². The van der Waals surface area contributed by atoms with Crippen molar-refractivity contribution in [1.82, 2.24) is 25.2 Å². The third kappa shape index (κ3) is 4.84. The monoisotopic (exact) mass is 370 g/mol. The molecule has 2 N–H and O–H groups in total. The molecule has 0 radical (unpaired) electrons. The van der Waals surface area contributed by atoms with Crippen LogP contribution in [0.25, 0.3) is 0 Å². The van der Waals surface area contributed by atoms with Gasteiger partial charge in [0.25, 0.3) is 0 Å². The van der Waals surface area contributed by atoms with E-state index in [0.717, 1.165) is 36.5 Å². The van der Waals surface area contributed by atoms with Crippen molar-refractivity contribution < 1.29 is 9.59 Å². The number of nitrogens with zero attached hydrogens (tertiary/aromatic N) is 4. The summed E-state index contributed by atoms with van der Waals surface area (Å²) in [4.78, 5) is 40.0. The Hall–Kier alpha value is -2.90. The van der Waals surface area contributed by atoms with E-state index in [1.54, 1.807) is 18.7 Å². The average Bonchev–Trinajstić information content (AvgIpc) is 3.03. The van der Waals surface area contributed by atoms with Gasteiger partial charge in [-0.25, -0.2) is 4.98 Å². The fourth-order valence-electron chi connectivity index (χ4n) is 3.48. The van der Waals surface area contributed by atoms with Crippen LogP contribution >= 0.6 is 0 Å². The first kappa shape index (κ1) is 18.9. The number of nitrogens with one attached hydrogen (secondary N) is 2. The fraction of sp³-hybridized carbons (Fsp3) is 0.474. The molecular weight excluding hydrogens is 344 g/mol. The van der Waals surface area contributed by atoms with Gasteiger partial charge in [-0.2, -0.15) is 0 Å². The van der Waals surface area contributed by atoms with Gasteiger partial charge in [0.2, 0.25) is 11.8 Å². The maximum Gasteiger partial charge on any atom is 0.245 e. The van der Waals surface area contributed by atoms with Gasteiger partial charge in [-0.15, -0.1) is 0 Å². The second kappa shape index (κ2) is 8.66. The van der Waals surface area contributed by atoms with Gasteiger partial charge < -0.3 is 20.1 Å². The standard InChI is InChI=1S/C19H26N6O2/c1-14-11-20-5-4-18(14)24-6-3-7-25(9-8-24)19(27)17(23-15(2)26)10-16-12-21-13-22-16/h4-5,11-13,17H,3,6-10H2,1-2H3,(H,21,22)(H,23,26)/t17-/m0/s1. The third-order valence-corrected chi connectivity index (χ3v) is 4.79. The van der Waals surface area contributed by atoms with Crippen LogP contribution in [0.5, 0.6) is 0 Å². The molecule has 8 nitrogen and oxygen atoms in total. The van der Waals surface area contributed by atoms with E-state index in [1.165, 1.54) is 6.92 Å². The van der Waals surface area contributed by atoms with Crippen LogP contribution in [0.1, 0.15) is 24.6 Å². The van der Waals surface area contributed by atoms with E-state index in [-0.39, 0.29) is 11.8 Å². The van der Waals surface area contributed by atoms with Crippen LogP contribution < -0.4 is 10.2 Å². The highest BCUT2D eigenvalue weighted by atomic mass is 16.2. The van der Waals surface area contributed by atoms with Crippen LogP contribution in [-0.2, 0) is 16.0 Å². The summed E-state index contributed by atoms with van der Waals surface area (Å²) in [5.74, 6) is -0.259. The molecule has 2 amide bonds. The van der Waals surface area contributed by atoms with Crippen molar-refractivity contribution in [2.75, 3.05) is 31.1 Å². The molecular formula is C19H26N6O2. The molecule has 0 aliphatic carbocycles. The molecule has 3 heterocycles. The Bertz CT molecular complexity index is 776. The second-order valence-corrected chi connectivity index (χ2v) is 6.86. The molecule has 0 aromatic carbocycles. The zero-order valence-electron chi connectivity index (χ0n) is 15.8. The molecule has 2 aromatic rings. The van der Waals surface area contributed by atoms with Gasteiger partial charge in [-0.1, -0.05) is 0 Å². The summed E-state index contributed by atoms with van der Waals surface area (Å²) >= 11 is 0. The highest BCUT2D eigenvalue weighted by molar-refractivity contribution is 5.87. The SMILES string of the molecule is CC(=O)N[C@@H](Cc1cnc[nH]1)C(=O)N1CCCN(c2ccncc2C)CC1. The molecule has 0 saturated carbocycles. The molecule has 0 spiro atoms. The number of pyridine rings is 1. The molecule has 1 atom stereocenters. The maximum absolute atomic E-state index is 13.1.